The third kappa shape index (κ3) is 11.0. The van der Waals surface area contributed by atoms with Crippen molar-refractivity contribution in [3.63, 3.8) is 0 Å². The van der Waals surface area contributed by atoms with Crippen molar-refractivity contribution in [2.24, 2.45) is 0 Å². The standard InChI is InChI=1S/C10H6.C5H5.2CO.Mn/c1-3-9-5-7-10(4-2)8-6-9;1-2-4-5-3-1;2*1-2;/h1,4-8H;1-5H;;;. The SMILES string of the molecule is C#Cc1ccc(C=[C]=[Mn])cc1.[C-]#[O+].[C-]#[O+].[CH]1C=CC=C1. The molecule has 0 fully saturated rings. The van der Waals surface area contributed by atoms with E-state index in [9.17, 15) is 0 Å². The fourth-order valence-corrected chi connectivity index (χ4v) is 1.26. The van der Waals surface area contributed by atoms with Crippen LogP contribution in [0, 0.1) is 32.1 Å². The third-order valence-corrected chi connectivity index (χ3v) is 2.02. The van der Waals surface area contributed by atoms with Crippen molar-refractivity contribution < 1.29 is 24.9 Å². The van der Waals surface area contributed by atoms with Gasteiger partial charge in [-0.15, -0.1) is 0 Å². The molecule has 1 aliphatic carbocycles. The molecule has 0 bridgehead atoms. The van der Waals surface area contributed by atoms with Crippen LogP contribution in [0.2, 0.25) is 0 Å². The van der Waals surface area contributed by atoms with Gasteiger partial charge in [0.15, 0.2) is 0 Å². The second-order valence-electron chi connectivity index (χ2n) is 2.98. The summed E-state index contributed by atoms with van der Waals surface area (Å²) in [5.74, 6) is 2.55. The molecule has 20 heavy (non-hydrogen) atoms. The van der Waals surface area contributed by atoms with Gasteiger partial charge >= 0.3 is 96.6 Å². The summed E-state index contributed by atoms with van der Waals surface area (Å²) in [4.78, 5) is 0. The van der Waals surface area contributed by atoms with E-state index in [1.165, 1.54) is 0 Å². The van der Waals surface area contributed by atoms with E-state index < -0.39 is 0 Å². The minimum absolute atomic E-state index is 0.900. The molecule has 2 rings (SSSR count). The van der Waals surface area contributed by atoms with Crippen LogP contribution in [0.4, 0.5) is 0 Å². The van der Waals surface area contributed by atoms with Gasteiger partial charge in [0.05, 0.1) is 0 Å². The van der Waals surface area contributed by atoms with Crippen molar-refractivity contribution >= 4 is 10.7 Å². The molecule has 1 radical (unpaired) electrons. The molecule has 3 heteroatoms. The number of benzene rings is 1. The van der Waals surface area contributed by atoms with Crippen molar-refractivity contribution in [3.8, 4) is 12.3 Å². The molecule has 0 aliphatic heterocycles. The minimum atomic E-state index is 0.900. The molecule has 0 saturated carbocycles. The van der Waals surface area contributed by atoms with Crippen molar-refractivity contribution in [2.75, 3.05) is 0 Å². The zero-order valence-electron chi connectivity index (χ0n) is 10.5. The quantitative estimate of drug-likeness (QED) is 0.331. The predicted molar refractivity (Wildman–Crippen MR) is 74.3 cm³/mol. The van der Waals surface area contributed by atoms with Crippen molar-refractivity contribution in [2.45, 2.75) is 0 Å². The van der Waals surface area contributed by atoms with Crippen LogP contribution in [0.25, 0.3) is 6.08 Å². The first-order valence-electron chi connectivity index (χ1n) is 5.20. The number of terminal acetylenes is 1. The van der Waals surface area contributed by atoms with Gasteiger partial charge in [0.25, 0.3) is 0 Å². The Morgan fingerprint density at radius 1 is 0.950 bits per heavy atom. The first-order valence-corrected chi connectivity index (χ1v) is 5.79. The Morgan fingerprint density at radius 2 is 1.45 bits per heavy atom. The second-order valence-corrected chi connectivity index (χ2v) is 3.32. The van der Waals surface area contributed by atoms with Crippen LogP contribution >= 0.6 is 0 Å². The topological polar surface area (TPSA) is 39.8 Å². The molecule has 98 valence electrons. The van der Waals surface area contributed by atoms with Crippen LogP contribution in [0.1, 0.15) is 11.1 Å². The van der Waals surface area contributed by atoms with E-state index in [1.807, 2.05) is 61.1 Å². The Morgan fingerprint density at radius 3 is 1.75 bits per heavy atom. The van der Waals surface area contributed by atoms with Crippen LogP contribution in [0.15, 0.2) is 48.6 Å². The van der Waals surface area contributed by atoms with E-state index in [0.717, 1.165) is 11.1 Å². The summed E-state index contributed by atoms with van der Waals surface area (Å²) in [5, 5.41) is 0. The first kappa shape index (κ1) is 20.2. The molecule has 0 amide bonds. The summed E-state index contributed by atoms with van der Waals surface area (Å²) in [5.41, 5.74) is 1.98. The van der Waals surface area contributed by atoms with Gasteiger partial charge in [-0.2, -0.15) is 0 Å². The molecule has 0 spiro atoms. The molecular formula is C17H11MnO2. The Kier molecular flexibility index (Phi) is 17.1. The monoisotopic (exact) mass is 302 g/mol. The van der Waals surface area contributed by atoms with Gasteiger partial charge in [-0.05, 0) is 0 Å². The molecule has 0 aromatic heterocycles. The smallest absolute Gasteiger partial charge is 0.00506 e. The van der Waals surface area contributed by atoms with E-state index in [1.54, 1.807) is 0 Å². The Hall–Kier alpha value is -2.09. The summed E-state index contributed by atoms with van der Waals surface area (Å²) in [6.07, 6.45) is 17.0. The molecule has 0 saturated heterocycles. The van der Waals surface area contributed by atoms with Gasteiger partial charge in [0, 0.05) is 6.42 Å². The third-order valence-electron chi connectivity index (χ3n) is 1.85. The van der Waals surface area contributed by atoms with Gasteiger partial charge < -0.3 is 0 Å². The van der Waals surface area contributed by atoms with Crippen molar-refractivity contribution in [1.29, 1.82) is 0 Å². The summed E-state index contributed by atoms with van der Waals surface area (Å²) in [6.45, 7) is 9.00. The molecule has 0 N–H and O–H groups in total. The van der Waals surface area contributed by atoms with Crippen molar-refractivity contribution in [3.05, 3.63) is 79.4 Å². The molecule has 0 atom stereocenters. The van der Waals surface area contributed by atoms with Crippen molar-refractivity contribution in [1.82, 2.24) is 0 Å². The van der Waals surface area contributed by atoms with Gasteiger partial charge in [-0.25, -0.2) is 0 Å². The summed E-state index contributed by atoms with van der Waals surface area (Å²) in [6, 6.07) is 7.69. The van der Waals surface area contributed by atoms with E-state index >= 15 is 0 Å². The van der Waals surface area contributed by atoms with E-state index in [-0.39, 0.29) is 0 Å². The predicted octanol–water partition coefficient (Wildman–Crippen LogP) is 2.87. The molecular weight excluding hydrogens is 291 g/mol. The molecule has 1 aromatic carbocycles. The first-order chi connectivity index (χ1) is 9.86. The van der Waals surface area contributed by atoms with Gasteiger partial charge in [0.2, 0.25) is 0 Å². The number of rotatable bonds is 1. The van der Waals surface area contributed by atoms with E-state index in [4.69, 9.17) is 15.7 Å². The maximum Gasteiger partial charge on any atom is 0.00506 e. The molecule has 0 heterocycles. The van der Waals surface area contributed by atoms with Crippen LogP contribution in [-0.4, -0.2) is 4.58 Å². The largest absolute Gasteiger partial charge is 0.0767 e. The average molecular weight is 302 g/mol. The van der Waals surface area contributed by atoms with Crippen LogP contribution < -0.4 is 0 Å². The summed E-state index contributed by atoms with van der Waals surface area (Å²) in [7, 11) is 0. The Balaban J connectivity index is 0. The normalized spacial score (nSPS) is 8.95. The Bertz CT molecular complexity index is 532. The average Bonchev–Trinajstić information content (AvgIpc) is 3.12. The maximum atomic E-state index is 7.50. The maximum absolute atomic E-state index is 7.50. The number of allylic oxidation sites excluding steroid dienone is 4. The van der Waals surface area contributed by atoms with Crippen LogP contribution in [0.3, 0.4) is 0 Å². The van der Waals surface area contributed by atoms with Crippen LogP contribution in [-0.2, 0) is 24.9 Å². The second kappa shape index (κ2) is 16.9. The molecule has 1 aromatic rings. The fraction of sp³-hybridized carbons (Fsp3) is 0. The van der Waals surface area contributed by atoms with Gasteiger partial charge in [0.1, 0.15) is 0 Å². The molecule has 0 unspecified atom stereocenters. The Labute approximate surface area is 127 Å². The zero-order chi connectivity index (χ0) is 15.6. The number of hydrogen-bond donors (Lipinski definition) is 0. The van der Waals surface area contributed by atoms with E-state index in [0.29, 0.717) is 0 Å². The molecule has 1 aliphatic rings. The van der Waals surface area contributed by atoms with E-state index in [2.05, 4.69) is 39.4 Å². The minimum Gasteiger partial charge on any atom is -0.0767 e. The van der Waals surface area contributed by atoms with Gasteiger partial charge in [-0.1, -0.05) is 24.3 Å². The summed E-state index contributed by atoms with van der Waals surface area (Å²) >= 11 is 3.08. The summed E-state index contributed by atoms with van der Waals surface area (Å²) < 4.78 is 17.8. The fourth-order valence-electron chi connectivity index (χ4n) is 1.06. The number of hydrogen-bond acceptors (Lipinski definition) is 0. The zero-order valence-corrected chi connectivity index (χ0v) is 11.7. The van der Waals surface area contributed by atoms with Crippen LogP contribution in [0.5, 0.6) is 0 Å². The van der Waals surface area contributed by atoms with Gasteiger partial charge in [-0.3, -0.25) is 0 Å². The molecule has 2 nitrogen and oxygen atoms in total.